The predicted octanol–water partition coefficient (Wildman–Crippen LogP) is 3.56. The molecule has 0 spiro atoms. The molecule has 0 radical (unpaired) electrons. The molecule has 1 aromatic carbocycles. The lowest BCUT2D eigenvalue weighted by Crippen LogP contribution is -2.13. The minimum absolute atomic E-state index is 0.238. The number of nitrogens with one attached hydrogen (secondary N) is 1. The normalized spacial score (nSPS) is 10.7. The van der Waals surface area contributed by atoms with Gasteiger partial charge in [0.2, 0.25) is 0 Å². The summed E-state index contributed by atoms with van der Waals surface area (Å²) in [6.45, 7) is 0.384. The van der Waals surface area contributed by atoms with Crippen molar-refractivity contribution in [2.24, 2.45) is 5.73 Å². The van der Waals surface area contributed by atoms with Crippen LogP contribution in [0.1, 0.15) is 16.1 Å². The van der Waals surface area contributed by atoms with Gasteiger partial charge < -0.3 is 20.5 Å². The van der Waals surface area contributed by atoms with E-state index in [1.165, 1.54) is 11.3 Å². The van der Waals surface area contributed by atoms with Crippen molar-refractivity contribution < 1.29 is 14.3 Å². The molecule has 4 rings (SSSR count). The maximum atomic E-state index is 11.3. The van der Waals surface area contributed by atoms with Crippen LogP contribution in [-0.4, -0.2) is 34.8 Å². The third-order valence-corrected chi connectivity index (χ3v) is 5.32. The Kier molecular flexibility index (Phi) is 5.71. The first-order valence-corrected chi connectivity index (χ1v) is 10.0. The molecule has 0 atom stereocenters. The Balaban J connectivity index is 1.46. The van der Waals surface area contributed by atoms with Gasteiger partial charge in [-0.25, -0.2) is 0 Å². The summed E-state index contributed by atoms with van der Waals surface area (Å²) < 4.78 is 12.0. The van der Waals surface area contributed by atoms with Crippen molar-refractivity contribution in [1.29, 1.82) is 0 Å². The molecule has 8 nitrogen and oxygen atoms in total. The molecule has 3 heterocycles. The molecular weight excluding hydrogens is 402 g/mol. The highest BCUT2D eigenvalue weighted by Crippen LogP contribution is 2.34. The zero-order valence-corrected chi connectivity index (χ0v) is 17.0. The molecule has 0 unspecified atom stereocenters. The zero-order valence-electron chi connectivity index (χ0n) is 16.2. The fourth-order valence-corrected chi connectivity index (χ4v) is 3.72. The van der Waals surface area contributed by atoms with Crippen LogP contribution in [0.15, 0.2) is 54.0 Å². The second-order valence-corrected chi connectivity index (χ2v) is 7.30. The number of rotatable bonds is 8. The number of amides is 1. The number of pyridine rings is 1. The van der Waals surface area contributed by atoms with Crippen LogP contribution >= 0.6 is 11.3 Å². The van der Waals surface area contributed by atoms with Gasteiger partial charge in [0, 0.05) is 23.7 Å². The molecule has 1 amide bonds. The number of nitrogens with zero attached hydrogens (tertiary/aromatic N) is 3. The maximum Gasteiger partial charge on any atom is 0.267 e. The Hall–Kier alpha value is -3.72. The number of benzene rings is 1. The van der Waals surface area contributed by atoms with Crippen LogP contribution in [0.4, 0.5) is 11.5 Å². The average Bonchev–Trinajstić information content (AvgIpc) is 3.26. The summed E-state index contributed by atoms with van der Waals surface area (Å²) >= 11 is 1.54. The Bertz CT molecular complexity index is 1180. The van der Waals surface area contributed by atoms with Crippen molar-refractivity contribution in [3.05, 3.63) is 65.3 Å². The number of anilines is 2. The van der Waals surface area contributed by atoms with Crippen LogP contribution in [0.5, 0.6) is 11.6 Å². The van der Waals surface area contributed by atoms with Crippen LogP contribution in [0, 0.1) is 0 Å². The second kappa shape index (κ2) is 8.75. The molecular formula is C21H19N5O3S. The minimum Gasteiger partial charge on any atom is -0.497 e. The summed E-state index contributed by atoms with van der Waals surface area (Å²) in [7, 11) is 1.63. The van der Waals surface area contributed by atoms with E-state index in [4.69, 9.17) is 15.2 Å². The fraction of sp³-hybridized carbons (Fsp3) is 0.143. The first-order chi connectivity index (χ1) is 14.6. The summed E-state index contributed by atoms with van der Waals surface area (Å²) in [6.07, 6.45) is 2.15. The van der Waals surface area contributed by atoms with E-state index in [1.807, 2.05) is 41.8 Å². The van der Waals surface area contributed by atoms with Gasteiger partial charge in [0.05, 0.1) is 13.7 Å². The molecule has 0 aliphatic heterocycles. The van der Waals surface area contributed by atoms with Crippen LogP contribution in [0.3, 0.4) is 0 Å². The van der Waals surface area contributed by atoms with Gasteiger partial charge >= 0.3 is 0 Å². The van der Waals surface area contributed by atoms with Crippen LogP contribution in [0.2, 0.25) is 0 Å². The minimum atomic E-state index is -0.552. The SMILES string of the molecule is COc1ccc(Nc2nnc(OCCc3ccnc(C(N)=O)c3)c3sccc23)cc1. The quantitative estimate of drug-likeness (QED) is 0.447. The second-order valence-electron chi connectivity index (χ2n) is 6.38. The Morgan fingerprint density at radius 3 is 2.77 bits per heavy atom. The standard InChI is InChI=1S/C21H19N5O3S/c1-28-15-4-2-14(3-5-15)24-20-16-8-11-30-18(16)21(26-25-20)29-10-7-13-6-9-23-17(12-13)19(22)27/h2-6,8-9,11-12H,7,10H2,1H3,(H2,22,27)(H,24,25). The van der Waals surface area contributed by atoms with E-state index in [9.17, 15) is 4.79 Å². The van der Waals surface area contributed by atoms with Gasteiger partial charge in [0.1, 0.15) is 16.1 Å². The summed E-state index contributed by atoms with van der Waals surface area (Å²) in [5.74, 6) is 1.37. The number of fused-ring (bicyclic) bond motifs is 1. The molecule has 152 valence electrons. The number of methoxy groups -OCH3 is 1. The number of carbonyl (C=O) groups excluding carboxylic acids is 1. The van der Waals surface area contributed by atoms with Gasteiger partial charge in [-0.15, -0.1) is 21.5 Å². The van der Waals surface area contributed by atoms with E-state index in [0.717, 1.165) is 27.1 Å². The van der Waals surface area contributed by atoms with Crippen molar-refractivity contribution in [1.82, 2.24) is 15.2 Å². The summed E-state index contributed by atoms with van der Waals surface area (Å²) in [5.41, 5.74) is 7.31. The predicted molar refractivity (Wildman–Crippen MR) is 116 cm³/mol. The smallest absolute Gasteiger partial charge is 0.267 e. The maximum absolute atomic E-state index is 11.3. The van der Waals surface area contributed by atoms with E-state index >= 15 is 0 Å². The van der Waals surface area contributed by atoms with Gasteiger partial charge in [-0.1, -0.05) is 0 Å². The molecule has 0 aliphatic carbocycles. The van der Waals surface area contributed by atoms with Gasteiger partial charge in [0.25, 0.3) is 11.8 Å². The first kappa shape index (κ1) is 19.6. The molecule has 0 saturated carbocycles. The highest BCUT2D eigenvalue weighted by atomic mass is 32.1. The van der Waals surface area contributed by atoms with Crippen molar-refractivity contribution in [3.8, 4) is 11.6 Å². The Morgan fingerprint density at radius 2 is 2.00 bits per heavy atom. The fourth-order valence-electron chi connectivity index (χ4n) is 2.88. The average molecular weight is 421 g/mol. The molecule has 0 saturated heterocycles. The zero-order chi connectivity index (χ0) is 20.9. The van der Waals surface area contributed by atoms with Crippen molar-refractivity contribution in [2.75, 3.05) is 19.0 Å². The molecule has 0 fully saturated rings. The Labute approximate surface area is 176 Å². The Morgan fingerprint density at radius 1 is 1.17 bits per heavy atom. The molecule has 30 heavy (non-hydrogen) atoms. The highest BCUT2D eigenvalue weighted by Gasteiger charge is 2.12. The number of hydrogen-bond donors (Lipinski definition) is 2. The molecule has 0 bridgehead atoms. The van der Waals surface area contributed by atoms with Crippen LogP contribution in [0.25, 0.3) is 10.1 Å². The van der Waals surface area contributed by atoms with Crippen LogP contribution in [-0.2, 0) is 6.42 Å². The monoisotopic (exact) mass is 421 g/mol. The van der Waals surface area contributed by atoms with E-state index in [0.29, 0.717) is 24.7 Å². The van der Waals surface area contributed by atoms with Gasteiger partial charge in [0.15, 0.2) is 5.82 Å². The summed E-state index contributed by atoms with van der Waals surface area (Å²) in [5, 5.41) is 14.7. The number of thiophene rings is 1. The third-order valence-electron chi connectivity index (χ3n) is 4.41. The number of ether oxygens (including phenoxy) is 2. The van der Waals surface area contributed by atoms with E-state index < -0.39 is 5.91 Å². The van der Waals surface area contributed by atoms with E-state index in [1.54, 1.807) is 19.4 Å². The van der Waals surface area contributed by atoms with Gasteiger partial charge in [-0.05, 0) is 53.4 Å². The van der Waals surface area contributed by atoms with Gasteiger partial charge in [-0.3, -0.25) is 9.78 Å². The third kappa shape index (κ3) is 4.31. The number of carbonyl (C=O) groups is 1. The molecule has 0 aliphatic rings. The number of nitrogens with two attached hydrogens (primary N) is 1. The van der Waals surface area contributed by atoms with E-state index in [-0.39, 0.29) is 5.69 Å². The lowest BCUT2D eigenvalue weighted by molar-refractivity contribution is 0.0995. The number of aromatic nitrogens is 3. The largest absolute Gasteiger partial charge is 0.497 e. The van der Waals surface area contributed by atoms with Gasteiger partial charge in [-0.2, -0.15) is 0 Å². The number of hydrogen-bond acceptors (Lipinski definition) is 8. The molecule has 4 aromatic rings. The molecule has 9 heteroatoms. The lowest BCUT2D eigenvalue weighted by Gasteiger charge is -2.10. The van der Waals surface area contributed by atoms with Crippen molar-refractivity contribution in [3.63, 3.8) is 0 Å². The number of primary amides is 1. The van der Waals surface area contributed by atoms with E-state index in [2.05, 4.69) is 20.5 Å². The topological polar surface area (TPSA) is 112 Å². The lowest BCUT2D eigenvalue weighted by atomic mass is 10.2. The van der Waals surface area contributed by atoms with Crippen molar-refractivity contribution >= 4 is 38.8 Å². The van der Waals surface area contributed by atoms with Crippen molar-refractivity contribution in [2.45, 2.75) is 6.42 Å². The summed E-state index contributed by atoms with van der Waals surface area (Å²) in [4.78, 5) is 15.2. The highest BCUT2D eigenvalue weighted by molar-refractivity contribution is 7.17. The first-order valence-electron chi connectivity index (χ1n) is 9.16. The molecule has 3 N–H and O–H groups in total. The summed E-state index contributed by atoms with van der Waals surface area (Å²) in [6, 6.07) is 13.1. The molecule has 3 aromatic heterocycles. The van der Waals surface area contributed by atoms with Crippen LogP contribution < -0.4 is 20.5 Å².